The average Bonchev–Trinajstić information content (AvgIpc) is 2.87. The number of sulfonamides is 2. The van der Waals surface area contributed by atoms with Crippen molar-refractivity contribution in [1.29, 1.82) is 0 Å². The Morgan fingerprint density at radius 1 is 0.649 bits per heavy atom. The van der Waals surface area contributed by atoms with Crippen LogP contribution in [0.3, 0.4) is 0 Å². The molecule has 0 aromatic heterocycles. The van der Waals surface area contributed by atoms with Crippen LogP contribution in [0, 0.1) is 6.92 Å². The van der Waals surface area contributed by atoms with Gasteiger partial charge in [-0.25, -0.2) is 16.8 Å². The third kappa shape index (κ3) is 6.48. The first-order chi connectivity index (χ1) is 17.5. The minimum Gasteiger partial charge on any atom is -0.322 e. The van der Waals surface area contributed by atoms with Crippen molar-refractivity contribution in [1.82, 2.24) is 0 Å². The predicted octanol–water partition coefficient (Wildman–Crippen LogP) is 5.50. The van der Waals surface area contributed by atoms with Gasteiger partial charge in [0, 0.05) is 22.0 Å². The van der Waals surface area contributed by atoms with Gasteiger partial charge in [-0.1, -0.05) is 35.9 Å². The molecule has 0 spiro atoms. The van der Waals surface area contributed by atoms with E-state index in [1.165, 1.54) is 66.7 Å². The van der Waals surface area contributed by atoms with E-state index < -0.39 is 26.0 Å². The smallest absolute Gasteiger partial charge is 0.261 e. The van der Waals surface area contributed by atoms with Gasteiger partial charge < -0.3 is 5.32 Å². The lowest BCUT2D eigenvalue weighted by Crippen LogP contribution is -2.15. The Morgan fingerprint density at radius 3 is 1.76 bits per heavy atom. The zero-order valence-corrected chi connectivity index (χ0v) is 21.9. The molecule has 0 saturated heterocycles. The monoisotopic (exact) mass is 555 g/mol. The molecule has 0 radical (unpaired) electrons. The van der Waals surface area contributed by atoms with E-state index in [0.717, 1.165) is 5.56 Å². The van der Waals surface area contributed by atoms with Crippen LogP contribution in [0.1, 0.15) is 15.9 Å². The standard InChI is InChI=1S/C26H22ClN3O5S2/c1-18-7-10-22(17-25(18)27)30-37(34,35)24-15-13-20(14-16-24)28-26(31)19-8-11-21(12-9-19)29-36(32,33)23-5-3-2-4-6-23/h2-17,29-30H,1H3,(H,28,31). The molecule has 0 fully saturated rings. The number of halogens is 1. The lowest BCUT2D eigenvalue weighted by molar-refractivity contribution is 0.102. The van der Waals surface area contributed by atoms with Gasteiger partial charge in [-0.05, 0) is 85.3 Å². The highest BCUT2D eigenvalue weighted by Crippen LogP contribution is 2.24. The van der Waals surface area contributed by atoms with Crippen molar-refractivity contribution in [2.45, 2.75) is 16.7 Å². The van der Waals surface area contributed by atoms with Crippen LogP contribution in [-0.4, -0.2) is 22.7 Å². The summed E-state index contributed by atoms with van der Waals surface area (Å²) in [5.74, 6) is -0.444. The summed E-state index contributed by atoms with van der Waals surface area (Å²) in [7, 11) is -7.60. The number of amides is 1. The Morgan fingerprint density at radius 2 is 1.16 bits per heavy atom. The number of anilines is 3. The summed E-state index contributed by atoms with van der Waals surface area (Å²) in [5, 5.41) is 3.13. The van der Waals surface area contributed by atoms with Gasteiger partial charge in [-0.2, -0.15) is 0 Å². The van der Waals surface area contributed by atoms with Crippen molar-refractivity contribution in [3.05, 3.63) is 113 Å². The molecule has 4 aromatic rings. The number of hydrogen-bond acceptors (Lipinski definition) is 5. The topological polar surface area (TPSA) is 121 Å². The summed E-state index contributed by atoms with van der Waals surface area (Å²) in [6.45, 7) is 1.81. The lowest BCUT2D eigenvalue weighted by Gasteiger charge is -2.11. The van der Waals surface area contributed by atoms with Gasteiger partial charge in [0.2, 0.25) is 0 Å². The second kappa shape index (κ2) is 10.6. The third-order valence-corrected chi connectivity index (χ3v) is 8.50. The van der Waals surface area contributed by atoms with Gasteiger partial charge in [0.05, 0.1) is 15.5 Å². The molecule has 1 amide bonds. The molecule has 0 aliphatic carbocycles. The Bertz CT molecular complexity index is 1640. The van der Waals surface area contributed by atoms with E-state index in [4.69, 9.17) is 11.6 Å². The van der Waals surface area contributed by atoms with E-state index in [1.807, 2.05) is 6.92 Å². The van der Waals surface area contributed by atoms with Crippen LogP contribution in [0.25, 0.3) is 0 Å². The summed E-state index contributed by atoms with van der Waals surface area (Å²) in [6.07, 6.45) is 0. The molecule has 4 rings (SSSR count). The maximum atomic E-state index is 12.7. The summed E-state index contributed by atoms with van der Waals surface area (Å²) < 4.78 is 55.2. The molecule has 0 aliphatic heterocycles. The third-order valence-electron chi connectivity index (χ3n) is 5.30. The molecule has 8 nitrogen and oxygen atoms in total. The van der Waals surface area contributed by atoms with Crippen molar-refractivity contribution in [3.8, 4) is 0 Å². The molecule has 0 unspecified atom stereocenters. The van der Waals surface area contributed by atoms with E-state index >= 15 is 0 Å². The fraction of sp³-hybridized carbons (Fsp3) is 0.0385. The Hall–Kier alpha value is -3.86. The van der Waals surface area contributed by atoms with Crippen LogP contribution >= 0.6 is 11.6 Å². The molecule has 190 valence electrons. The van der Waals surface area contributed by atoms with Gasteiger partial charge in [0.25, 0.3) is 26.0 Å². The molecule has 0 heterocycles. The van der Waals surface area contributed by atoms with Gasteiger partial charge in [0.15, 0.2) is 0 Å². The number of hydrogen-bond donors (Lipinski definition) is 3. The minimum absolute atomic E-state index is 0.0113. The maximum absolute atomic E-state index is 12.7. The van der Waals surface area contributed by atoms with Gasteiger partial charge >= 0.3 is 0 Å². The van der Waals surface area contributed by atoms with E-state index in [1.54, 1.807) is 30.3 Å². The minimum atomic E-state index is -3.86. The Kier molecular flexibility index (Phi) is 7.53. The van der Waals surface area contributed by atoms with Gasteiger partial charge in [0.1, 0.15) is 0 Å². The van der Waals surface area contributed by atoms with E-state index in [2.05, 4.69) is 14.8 Å². The van der Waals surface area contributed by atoms with Crippen molar-refractivity contribution in [2.24, 2.45) is 0 Å². The molecule has 4 aromatic carbocycles. The van der Waals surface area contributed by atoms with Gasteiger partial charge in [-0.15, -0.1) is 0 Å². The SMILES string of the molecule is Cc1ccc(NS(=O)(=O)c2ccc(NC(=O)c3ccc(NS(=O)(=O)c4ccccc4)cc3)cc2)cc1Cl. The highest BCUT2D eigenvalue weighted by atomic mass is 35.5. The van der Waals surface area contributed by atoms with Crippen molar-refractivity contribution in [3.63, 3.8) is 0 Å². The first-order valence-electron chi connectivity index (χ1n) is 10.9. The van der Waals surface area contributed by atoms with Crippen molar-refractivity contribution in [2.75, 3.05) is 14.8 Å². The Balaban J connectivity index is 1.40. The molecule has 3 N–H and O–H groups in total. The van der Waals surface area contributed by atoms with Crippen LogP contribution in [-0.2, 0) is 20.0 Å². The average molecular weight is 556 g/mol. The fourth-order valence-electron chi connectivity index (χ4n) is 3.29. The van der Waals surface area contributed by atoms with Crippen LogP contribution in [0.5, 0.6) is 0 Å². The normalized spacial score (nSPS) is 11.5. The molecule has 37 heavy (non-hydrogen) atoms. The number of carbonyl (C=O) groups excluding carboxylic acids is 1. The number of aryl methyl sites for hydroxylation is 1. The summed E-state index contributed by atoms with van der Waals surface area (Å²) in [6, 6.07) is 24.4. The summed E-state index contributed by atoms with van der Waals surface area (Å²) >= 11 is 6.07. The zero-order chi connectivity index (χ0) is 26.6. The number of nitrogens with one attached hydrogen (secondary N) is 3. The molecular formula is C26H22ClN3O5S2. The second-order valence-electron chi connectivity index (χ2n) is 8.04. The first kappa shape index (κ1) is 26.2. The second-order valence-corrected chi connectivity index (χ2v) is 11.8. The van der Waals surface area contributed by atoms with E-state index in [9.17, 15) is 21.6 Å². The molecule has 0 atom stereocenters. The maximum Gasteiger partial charge on any atom is 0.261 e. The number of benzene rings is 4. The summed E-state index contributed by atoms with van der Waals surface area (Å²) in [4.78, 5) is 12.8. The van der Waals surface area contributed by atoms with Crippen molar-refractivity contribution >= 4 is 54.6 Å². The lowest BCUT2D eigenvalue weighted by atomic mass is 10.2. The molecule has 0 aliphatic rings. The highest BCUT2D eigenvalue weighted by Gasteiger charge is 2.16. The van der Waals surface area contributed by atoms with Crippen LogP contribution < -0.4 is 14.8 Å². The number of carbonyl (C=O) groups is 1. The van der Waals surface area contributed by atoms with Crippen LogP contribution in [0.4, 0.5) is 17.1 Å². The quantitative estimate of drug-likeness (QED) is 0.265. The molecule has 0 saturated carbocycles. The first-order valence-corrected chi connectivity index (χ1v) is 14.3. The summed E-state index contributed by atoms with van der Waals surface area (Å²) in [5.41, 5.74) is 2.14. The molecule has 11 heteroatoms. The molecular weight excluding hydrogens is 534 g/mol. The van der Waals surface area contributed by atoms with Crippen molar-refractivity contribution < 1.29 is 21.6 Å². The largest absolute Gasteiger partial charge is 0.322 e. The highest BCUT2D eigenvalue weighted by molar-refractivity contribution is 7.93. The van der Waals surface area contributed by atoms with Gasteiger partial charge in [-0.3, -0.25) is 14.2 Å². The fourth-order valence-corrected chi connectivity index (χ4v) is 5.60. The van der Waals surface area contributed by atoms with E-state index in [-0.39, 0.29) is 15.4 Å². The Labute approximate surface area is 220 Å². The van der Waals surface area contributed by atoms with Crippen LogP contribution in [0.15, 0.2) is 107 Å². The zero-order valence-electron chi connectivity index (χ0n) is 19.5. The van der Waals surface area contributed by atoms with E-state index in [0.29, 0.717) is 22.1 Å². The predicted molar refractivity (Wildman–Crippen MR) is 145 cm³/mol. The van der Waals surface area contributed by atoms with Crippen LogP contribution in [0.2, 0.25) is 5.02 Å². The molecule has 0 bridgehead atoms. The number of rotatable bonds is 8.